The van der Waals surface area contributed by atoms with Crippen LogP contribution in [0.4, 0.5) is 52.2 Å². The number of aromatic nitrogens is 7. The van der Waals surface area contributed by atoms with E-state index in [1.807, 2.05) is 37.2 Å². The maximum atomic E-state index is 5.78. The normalized spacial score (nSPS) is 12.7. The molecule has 0 saturated heterocycles. The first-order valence-corrected chi connectivity index (χ1v) is 26.9. The smallest absolute Gasteiger partial charge is 0.144 e. The Labute approximate surface area is 451 Å². The minimum Gasteiger partial charge on any atom is -0.279 e. The fourth-order valence-corrected chi connectivity index (χ4v) is 9.76. The summed E-state index contributed by atoms with van der Waals surface area (Å²) in [5.41, 5.74) is 8.05. The van der Waals surface area contributed by atoms with Crippen molar-refractivity contribution in [3.05, 3.63) is 155 Å². The molecule has 0 aliphatic heterocycles. The van der Waals surface area contributed by atoms with E-state index in [9.17, 15) is 0 Å². The summed E-state index contributed by atoms with van der Waals surface area (Å²) in [6.07, 6.45) is 16.7. The predicted molar refractivity (Wildman–Crippen MR) is 314 cm³/mol. The number of hydrogen-bond acceptors (Lipinski definition) is 10. The molecule has 0 radical (unpaired) electrons. The Morgan fingerprint density at radius 1 is 0.253 bits per heavy atom. The molecule has 10 nitrogen and oxygen atoms in total. The summed E-state index contributed by atoms with van der Waals surface area (Å²) in [7, 11) is 0. The second kappa shape index (κ2) is 22.0. The maximum Gasteiger partial charge on any atom is 0.144 e. The van der Waals surface area contributed by atoms with Crippen LogP contribution in [0.3, 0.4) is 0 Å². The first-order valence-electron chi connectivity index (χ1n) is 26.9. The molecule has 396 valence electrons. The molecule has 0 saturated carbocycles. The van der Waals surface area contributed by atoms with Crippen molar-refractivity contribution in [1.82, 2.24) is 34.9 Å². The zero-order chi connectivity index (χ0) is 54.7. The second-order valence-electron chi connectivity index (χ2n) is 28.1. The van der Waals surface area contributed by atoms with Crippen molar-refractivity contribution < 1.29 is 0 Å². The SMILES string of the molecule is CC(C)(C)Cc1ccnc(N(c2cc(N(c3cc(CC(C)(C)C)ccn3)c3cc(CC(C)(C)C)ccn3)nc(N(c3cc(CC(C)(C)C)ccn3)c3cc(CC(C)(C)C)ccn3)c2)c2cc(CC(C)(C)C)ccn2)c1. The predicted octanol–water partition coefficient (Wildman–Crippen LogP) is 17.4. The topological polar surface area (TPSA) is 100.0 Å². The molecule has 0 N–H and O–H groups in total. The Morgan fingerprint density at radius 3 is 0.627 bits per heavy atom. The van der Waals surface area contributed by atoms with Crippen LogP contribution in [0.15, 0.2) is 122 Å². The molecule has 0 spiro atoms. The third kappa shape index (κ3) is 16.7. The molecule has 7 heterocycles. The second-order valence-corrected chi connectivity index (χ2v) is 28.1. The maximum absolute atomic E-state index is 5.78. The average Bonchev–Trinajstić information content (AvgIpc) is 3.24. The van der Waals surface area contributed by atoms with Crippen LogP contribution in [0.5, 0.6) is 0 Å². The van der Waals surface area contributed by atoms with E-state index in [-0.39, 0.29) is 32.5 Å². The fraction of sp³-hybridized carbons (Fsp3) is 0.462. The van der Waals surface area contributed by atoms with Gasteiger partial charge in [-0.3, -0.25) is 14.7 Å². The summed E-state index contributed by atoms with van der Waals surface area (Å²) >= 11 is 0. The first kappa shape index (κ1) is 56.2. The van der Waals surface area contributed by atoms with Crippen molar-refractivity contribution in [3.63, 3.8) is 0 Å². The highest BCUT2D eigenvalue weighted by molar-refractivity contribution is 5.83. The van der Waals surface area contributed by atoms with E-state index in [0.717, 1.165) is 55.8 Å². The van der Waals surface area contributed by atoms with Crippen molar-refractivity contribution in [2.24, 2.45) is 32.5 Å². The van der Waals surface area contributed by atoms with Gasteiger partial charge in [0.2, 0.25) is 0 Å². The molecular formula is C65H86N10. The van der Waals surface area contributed by atoms with Crippen molar-refractivity contribution in [3.8, 4) is 0 Å². The van der Waals surface area contributed by atoms with Crippen LogP contribution in [0.25, 0.3) is 0 Å². The van der Waals surface area contributed by atoms with Gasteiger partial charge >= 0.3 is 0 Å². The quantitative estimate of drug-likeness (QED) is 0.0987. The average molecular weight is 1010 g/mol. The molecule has 0 fully saturated rings. The zero-order valence-corrected chi connectivity index (χ0v) is 48.8. The standard InChI is InChI=1S/C65H86N10/c1-60(2,3)39-45-19-25-66-52(31-45)73(53-32-46(20-26-67-53)40-61(4,5)6)51-37-58(74(54-33-47(21-27-68-54)41-62(7,8)9)55-34-48(22-28-69-55)42-63(10,11)12)72-59(38-51)75(56-35-49(23-29-70-56)43-64(13,14)15)57-36-50(24-30-71-57)44-65(16,17)18/h19-38H,39-44H2,1-18H3. The van der Waals surface area contributed by atoms with Gasteiger partial charge in [-0.15, -0.1) is 0 Å². The molecule has 10 heteroatoms. The van der Waals surface area contributed by atoms with Crippen LogP contribution in [0.1, 0.15) is 158 Å². The summed E-state index contributed by atoms with van der Waals surface area (Å²) < 4.78 is 0. The first-order chi connectivity index (χ1) is 34.8. The van der Waals surface area contributed by atoms with E-state index in [0.29, 0.717) is 34.9 Å². The molecule has 7 aromatic heterocycles. The van der Waals surface area contributed by atoms with Gasteiger partial charge in [0, 0.05) is 49.3 Å². The Hall–Kier alpha value is -6.55. The van der Waals surface area contributed by atoms with E-state index < -0.39 is 0 Å². The largest absolute Gasteiger partial charge is 0.279 e. The number of nitrogens with zero attached hydrogens (tertiary/aromatic N) is 10. The molecule has 0 amide bonds. The zero-order valence-electron chi connectivity index (χ0n) is 48.8. The lowest BCUT2D eigenvalue weighted by atomic mass is 9.88. The van der Waals surface area contributed by atoms with Gasteiger partial charge in [0.1, 0.15) is 46.5 Å². The van der Waals surface area contributed by atoms with Gasteiger partial charge in [0.05, 0.1) is 5.69 Å². The van der Waals surface area contributed by atoms with Gasteiger partial charge in [-0.1, -0.05) is 125 Å². The summed E-state index contributed by atoms with van der Waals surface area (Å²) in [6.45, 7) is 40.9. The van der Waals surface area contributed by atoms with E-state index in [2.05, 4.69) is 224 Å². The van der Waals surface area contributed by atoms with Crippen LogP contribution in [-0.4, -0.2) is 34.9 Å². The van der Waals surface area contributed by atoms with Gasteiger partial charge in [-0.2, -0.15) is 0 Å². The third-order valence-corrected chi connectivity index (χ3v) is 12.1. The lowest BCUT2D eigenvalue weighted by molar-refractivity contribution is 0.410. The van der Waals surface area contributed by atoms with Crippen molar-refractivity contribution >= 4 is 52.2 Å². The van der Waals surface area contributed by atoms with Crippen molar-refractivity contribution in [2.75, 3.05) is 14.7 Å². The molecule has 0 aromatic carbocycles. The Bertz CT molecular complexity index is 2530. The van der Waals surface area contributed by atoms with E-state index in [4.69, 9.17) is 34.9 Å². The highest BCUT2D eigenvalue weighted by atomic mass is 15.3. The van der Waals surface area contributed by atoms with E-state index >= 15 is 0 Å². The number of pyridine rings is 7. The highest BCUT2D eigenvalue weighted by Gasteiger charge is 2.29. The van der Waals surface area contributed by atoms with Gasteiger partial charge in [-0.25, -0.2) is 34.9 Å². The van der Waals surface area contributed by atoms with E-state index in [1.54, 1.807) is 0 Å². The van der Waals surface area contributed by atoms with Crippen molar-refractivity contribution in [1.29, 1.82) is 0 Å². The van der Waals surface area contributed by atoms with E-state index in [1.165, 1.54) is 33.4 Å². The summed E-state index contributed by atoms with van der Waals surface area (Å²) in [6, 6.07) is 30.2. The number of anilines is 9. The minimum absolute atomic E-state index is 0.0345. The molecule has 0 unspecified atom stereocenters. The van der Waals surface area contributed by atoms with Gasteiger partial charge < -0.3 is 0 Å². The fourth-order valence-electron chi connectivity index (χ4n) is 9.76. The van der Waals surface area contributed by atoms with Crippen LogP contribution < -0.4 is 14.7 Å². The molecule has 0 bridgehead atoms. The molecule has 0 atom stereocenters. The molecular weight excluding hydrogens is 921 g/mol. The van der Waals surface area contributed by atoms with Crippen LogP contribution in [-0.2, 0) is 38.5 Å². The molecule has 75 heavy (non-hydrogen) atoms. The molecule has 7 aromatic rings. The minimum atomic E-state index is 0.0345. The molecule has 0 aliphatic carbocycles. The summed E-state index contributed by atoms with van der Waals surface area (Å²) in [5.74, 6) is 5.51. The molecule has 7 rings (SSSR count). The Balaban J connectivity index is 1.62. The molecule has 0 aliphatic rings. The van der Waals surface area contributed by atoms with Crippen LogP contribution in [0, 0.1) is 32.5 Å². The number of rotatable bonds is 15. The lowest BCUT2D eigenvalue weighted by Gasteiger charge is -2.31. The van der Waals surface area contributed by atoms with Crippen LogP contribution >= 0.6 is 0 Å². The summed E-state index contributed by atoms with van der Waals surface area (Å²) in [4.78, 5) is 43.2. The summed E-state index contributed by atoms with van der Waals surface area (Å²) in [5, 5.41) is 0. The van der Waals surface area contributed by atoms with Gasteiger partial charge in [0.15, 0.2) is 0 Å². The van der Waals surface area contributed by atoms with Crippen molar-refractivity contribution in [2.45, 2.75) is 163 Å². The van der Waals surface area contributed by atoms with Crippen LogP contribution in [0.2, 0.25) is 0 Å². The van der Waals surface area contributed by atoms with Gasteiger partial charge in [-0.05, 0) is 177 Å². The highest BCUT2D eigenvalue weighted by Crippen LogP contribution is 2.44. The van der Waals surface area contributed by atoms with Gasteiger partial charge in [0.25, 0.3) is 0 Å². The lowest BCUT2D eigenvalue weighted by Crippen LogP contribution is -2.22. The monoisotopic (exact) mass is 1010 g/mol. The Kier molecular flexibility index (Phi) is 16.5. The Morgan fingerprint density at radius 2 is 0.440 bits per heavy atom. The third-order valence-electron chi connectivity index (χ3n) is 12.1. The number of hydrogen-bond donors (Lipinski definition) is 0.